The first-order valence-corrected chi connectivity index (χ1v) is 17.4. The van der Waals surface area contributed by atoms with Gasteiger partial charge in [0.05, 0.1) is 11.4 Å². The molecule has 228 valence electrons. The van der Waals surface area contributed by atoms with Crippen molar-refractivity contribution in [3.05, 3.63) is 170 Å². The largest absolute Gasteiger partial charge is 0.228 e. The molecule has 49 heavy (non-hydrogen) atoms. The van der Waals surface area contributed by atoms with Crippen molar-refractivity contribution in [1.29, 1.82) is 0 Å². The maximum absolute atomic E-state index is 5.28. The second-order valence-electron chi connectivity index (χ2n) is 12.5. The van der Waals surface area contributed by atoms with Crippen molar-refractivity contribution in [2.75, 3.05) is 0 Å². The van der Waals surface area contributed by atoms with Crippen molar-refractivity contribution in [3.8, 4) is 45.0 Å². The molecule has 2 nitrogen and oxygen atoms in total. The lowest BCUT2D eigenvalue weighted by atomic mass is 9.87. The third-order valence-corrected chi connectivity index (χ3v) is 10.8. The van der Waals surface area contributed by atoms with E-state index >= 15 is 0 Å². The Morgan fingerprint density at radius 2 is 1.00 bits per heavy atom. The quantitative estimate of drug-likeness (QED) is 0.141. The Balaban J connectivity index is 1.24. The molecule has 2 aromatic heterocycles. The van der Waals surface area contributed by atoms with Crippen LogP contribution in [0.2, 0.25) is 0 Å². The summed E-state index contributed by atoms with van der Waals surface area (Å²) in [6, 6.07) is 60.9. The second-order valence-corrected chi connectivity index (χ2v) is 13.6. The first-order chi connectivity index (χ1) is 24.3. The van der Waals surface area contributed by atoms with Crippen LogP contribution in [0.15, 0.2) is 170 Å². The Morgan fingerprint density at radius 1 is 0.347 bits per heavy atom. The number of hydrogen-bond acceptors (Lipinski definition) is 3. The third kappa shape index (κ3) is 4.62. The van der Waals surface area contributed by atoms with E-state index in [1.807, 2.05) is 17.4 Å². The second kappa shape index (κ2) is 11.2. The molecule has 0 aliphatic carbocycles. The summed E-state index contributed by atoms with van der Waals surface area (Å²) >= 11 is 1.83. The SMILES string of the molecule is c1ccc(-c2nc(-c3ccc4c(c3)sc3ccccc34)cc(-c3ccccc3-c3c4ccccc4cc4c3ccc3ccccc34)n2)cc1. The van der Waals surface area contributed by atoms with Gasteiger partial charge in [-0.15, -0.1) is 11.3 Å². The van der Waals surface area contributed by atoms with Crippen molar-refractivity contribution in [3.63, 3.8) is 0 Å². The lowest BCUT2D eigenvalue weighted by Crippen LogP contribution is -1.97. The van der Waals surface area contributed by atoms with Crippen LogP contribution < -0.4 is 0 Å². The third-order valence-electron chi connectivity index (χ3n) is 9.68. The summed E-state index contributed by atoms with van der Waals surface area (Å²) in [6.07, 6.45) is 0. The lowest BCUT2D eigenvalue weighted by Gasteiger charge is -2.17. The Bertz CT molecular complexity index is 2890. The number of fused-ring (bicyclic) bond motifs is 7. The van der Waals surface area contributed by atoms with Gasteiger partial charge < -0.3 is 0 Å². The predicted octanol–water partition coefficient (Wildman–Crippen LogP) is 13.0. The molecular formula is C46H28N2S. The summed E-state index contributed by atoms with van der Waals surface area (Å²) in [7, 11) is 0. The van der Waals surface area contributed by atoms with Crippen LogP contribution in [-0.2, 0) is 0 Å². The molecule has 0 atom stereocenters. The fourth-order valence-corrected chi connectivity index (χ4v) is 8.51. The monoisotopic (exact) mass is 640 g/mol. The van der Waals surface area contributed by atoms with Crippen LogP contribution in [0.25, 0.3) is 97.5 Å². The zero-order valence-electron chi connectivity index (χ0n) is 26.5. The normalized spacial score (nSPS) is 11.7. The molecule has 0 N–H and O–H groups in total. The first kappa shape index (κ1) is 27.9. The van der Waals surface area contributed by atoms with Crippen LogP contribution in [0.1, 0.15) is 0 Å². The fraction of sp³-hybridized carbons (Fsp3) is 0. The zero-order valence-corrected chi connectivity index (χ0v) is 27.3. The van der Waals surface area contributed by atoms with Crippen molar-refractivity contribution >= 4 is 63.8 Å². The lowest BCUT2D eigenvalue weighted by molar-refractivity contribution is 1.18. The minimum absolute atomic E-state index is 0.716. The molecule has 0 unspecified atom stereocenters. The van der Waals surface area contributed by atoms with Crippen molar-refractivity contribution in [1.82, 2.24) is 9.97 Å². The molecule has 0 spiro atoms. The van der Waals surface area contributed by atoms with Gasteiger partial charge in [0.15, 0.2) is 5.82 Å². The van der Waals surface area contributed by atoms with Gasteiger partial charge in [-0.2, -0.15) is 0 Å². The molecule has 0 aliphatic heterocycles. The van der Waals surface area contributed by atoms with Gasteiger partial charge >= 0.3 is 0 Å². The highest BCUT2D eigenvalue weighted by Gasteiger charge is 2.19. The van der Waals surface area contributed by atoms with E-state index in [9.17, 15) is 0 Å². The van der Waals surface area contributed by atoms with Crippen LogP contribution >= 0.6 is 11.3 Å². The number of hydrogen-bond donors (Lipinski definition) is 0. The molecule has 2 heterocycles. The Hall–Kier alpha value is -6.16. The van der Waals surface area contributed by atoms with Crippen LogP contribution in [0, 0.1) is 0 Å². The van der Waals surface area contributed by atoms with Gasteiger partial charge in [0.1, 0.15) is 0 Å². The molecule has 0 bridgehead atoms. The molecule has 3 heteroatoms. The number of rotatable bonds is 4. The minimum Gasteiger partial charge on any atom is -0.228 e. The van der Waals surface area contributed by atoms with Gasteiger partial charge in [-0.25, -0.2) is 9.97 Å². The molecule has 0 radical (unpaired) electrons. The molecule has 0 amide bonds. The van der Waals surface area contributed by atoms with Gasteiger partial charge in [0.2, 0.25) is 0 Å². The molecule has 8 aromatic carbocycles. The molecular weight excluding hydrogens is 613 g/mol. The van der Waals surface area contributed by atoms with E-state index in [0.717, 1.165) is 33.6 Å². The Labute approximate surface area is 287 Å². The predicted molar refractivity (Wildman–Crippen MR) is 209 cm³/mol. The average Bonchev–Trinajstić information content (AvgIpc) is 3.55. The summed E-state index contributed by atoms with van der Waals surface area (Å²) in [6.45, 7) is 0. The van der Waals surface area contributed by atoms with Gasteiger partial charge in [-0.3, -0.25) is 0 Å². The molecule has 10 aromatic rings. The van der Waals surface area contributed by atoms with E-state index in [-0.39, 0.29) is 0 Å². The number of nitrogens with zero attached hydrogens (tertiary/aromatic N) is 2. The highest BCUT2D eigenvalue weighted by molar-refractivity contribution is 7.25. The maximum Gasteiger partial charge on any atom is 0.160 e. The van der Waals surface area contributed by atoms with E-state index in [0.29, 0.717) is 5.82 Å². The summed E-state index contributed by atoms with van der Waals surface area (Å²) in [5.41, 5.74) is 7.35. The number of thiophene rings is 1. The zero-order chi connectivity index (χ0) is 32.3. The Kier molecular flexibility index (Phi) is 6.39. The highest BCUT2D eigenvalue weighted by Crippen LogP contribution is 2.43. The van der Waals surface area contributed by atoms with E-state index < -0.39 is 0 Å². The van der Waals surface area contributed by atoms with Gasteiger partial charge in [0, 0.05) is 36.9 Å². The number of benzene rings is 8. The van der Waals surface area contributed by atoms with Crippen LogP contribution in [-0.4, -0.2) is 9.97 Å². The first-order valence-electron chi connectivity index (χ1n) is 16.6. The van der Waals surface area contributed by atoms with Gasteiger partial charge in [0.25, 0.3) is 0 Å². The molecule has 0 fully saturated rings. The smallest absolute Gasteiger partial charge is 0.160 e. The topological polar surface area (TPSA) is 25.8 Å². The van der Waals surface area contributed by atoms with Crippen LogP contribution in [0.3, 0.4) is 0 Å². The van der Waals surface area contributed by atoms with Gasteiger partial charge in [-0.1, -0.05) is 146 Å². The van der Waals surface area contributed by atoms with Crippen molar-refractivity contribution in [2.24, 2.45) is 0 Å². The summed E-state index contributed by atoms with van der Waals surface area (Å²) in [4.78, 5) is 10.5. The van der Waals surface area contributed by atoms with E-state index in [4.69, 9.17) is 9.97 Å². The summed E-state index contributed by atoms with van der Waals surface area (Å²) in [5.74, 6) is 0.716. The molecule has 0 saturated carbocycles. The highest BCUT2D eigenvalue weighted by atomic mass is 32.1. The van der Waals surface area contributed by atoms with Crippen LogP contribution in [0.4, 0.5) is 0 Å². The maximum atomic E-state index is 5.28. The van der Waals surface area contributed by atoms with E-state index in [1.54, 1.807) is 0 Å². The number of aromatic nitrogens is 2. The average molecular weight is 641 g/mol. The summed E-state index contributed by atoms with van der Waals surface area (Å²) < 4.78 is 2.56. The minimum atomic E-state index is 0.716. The summed E-state index contributed by atoms with van der Waals surface area (Å²) in [5, 5.41) is 10.0. The Morgan fingerprint density at radius 3 is 1.88 bits per heavy atom. The van der Waals surface area contributed by atoms with Gasteiger partial charge in [-0.05, 0) is 67.7 Å². The van der Waals surface area contributed by atoms with E-state index in [2.05, 4.69) is 164 Å². The van der Waals surface area contributed by atoms with Crippen molar-refractivity contribution < 1.29 is 0 Å². The standard InChI is InChI=1S/C46H28N2S/c1-2-13-30(14-3-1)46-47-41(32-23-24-37-36-19-10-11-21-43(36)49-44(37)27-32)28-42(48-46)35-18-8-9-20-38(35)45-34-17-7-5-15-31(34)26-40-33-16-6-4-12-29(33)22-25-39(40)45/h1-28H. The fourth-order valence-electron chi connectivity index (χ4n) is 7.37. The molecule has 0 aliphatic rings. The van der Waals surface area contributed by atoms with Crippen LogP contribution in [0.5, 0.6) is 0 Å². The molecule has 10 rings (SSSR count). The van der Waals surface area contributed by atoms with E-state index in [1.165, 1.54) is 58.1 Å². The van der Waals surface area contributed by atoms with Crippen molar-refractivity contribution in [2.45, 2.75) is 0 Å². The molecule has 0 saturated heterocycles.